The topological polar surface area (TPSA) is 51.5 Å². The van der Waals surface area contributed by atoms with Crippen molar-refractivity contribution in [3.8, 4) is 17.6 Å². The molecule has 1 aliphatic carbocycles. The minimum absolute atomic E-state index is 0.144. The molecule has 0 bridgehead atoms. The second-order valence-corrected chi connectivity index (χ2v) is 5.02. The molecule has 1 heterocycles. The van der Waals surface area contributed by atoms with E-state index in [0.717, 1.165) is 29.9 Å². The van der Waals surface area contributed by atoms with Crippen molar-refractivity contribution in [3.63, 3.8) is 0 Å². The SMILES string of the molecule is N#CCC1(COCc2ccc3c(c2)OCO3)CC1. The molecule has 2 aliphatic rings. The number of ether oxygens (including phenoxy) is 3. The molecule has 0 unspecified atom stereocenters. The Morgan fingerprint density at radius 1 is 1.28 bits per heavy atom. The Kier molecular flexibility index (Phi) is 2.85. The summed E-state index contributed by atoms with van der Waals surface area (Å²) in [7, 11) is 0. The van der Waals surface area contributed by atoms with Crippen LogP contribution < -0.4 is 9.47 Å². The van der Waals surface area contributed by atoms with Crippen LogP contribution in [-0.2, 0) is 11.3 Å². The molecule has 1 aromatic carbocycles. The normalized spacial score (nSPS) is 18.4. The Morgan fingerprint density at radius 2 is 2.11 bits per heavy atom. The Bertz CT molecular complexity index is 488. The fourth-order valence-electron chi connectivity index (χ4n) is 2.13. The summed E-state index contributed by atoms with van der Waals surface area (Å²) >= 11 is 0. The van der Waals surface area contributed by atoms with Gasteiger partial charge in [-0.3, -0.25) is 0 Å². The predicted octanol–water partition coefficient (Wildman–Crippen LogP) is 2.63. The predicted molar refractivity (Wildman–Crippen MR) is 64.1 cm³/mol. The molecule has 0 amide bonds. The number of benzene rings is 1. The summed E-state index contributed by atoms with van der Waals surface area (Å²) in [5.41, 5.74) is 1.22. The van der Waals surface area contributed by atoms with Crippen LogP contribution in [-0.4, -0.2) is 13.4 Å². The number of hydrogen-bond donors (Lipinski definition) is 0. The van der Waals surface area contributed by atoms with Gasteiger partial charge in [-0.25, -0.2) is 0 Å². The molecule has 0 saturated heterocycles. The van der Waals surface area contributed by atoms with Crippen molar-refractivity contribution < 1.29 is 14.2 Å². The Hall–Kier alpha value is -1.73. The van der Waals surface area contributed by atoms with Gasteiger partial charge in [-0.2, -0.15) is 5.26 Å². The van der Waals surface area contributed by atoms with Crippen molar-refractivity contribution >= 4 is 0 Å². The zero-order valence-corrected chi connectivity index (χ0v) is 10.1. The molecule has 4 nitrogen and oxygen atoms in total. The van der Waals surface area contributed by atoms with E-state index in [9.17, 15) is 0 Å². The van der Waals surface area contributed by atoms with Crippen molar-refractivity contribution in [3.05, 3.63) is 23.8 Å². The number of hydrogen-bond acceptors (Lipinski definition) is 4. The standard InChI is InChI=1S/C14H15NO3/c15-6-5-14(3-4-14)9-16-8-11-1-2-12-13(7-11)18-10-17-12/h1-2,7H,3-5,8-10H2. The maximum Gasteiger partial charge on any atom is 0.231 e. The smallest absolute Gasteiger partial charge is 0.231 e. The third-order valence-electron chi connectivity index (χ3n) is 3.53. The van der Waals surface area contributed by atoms with Gasteiger partial charge in [0.15, 0.2) is 11.5 Å². The lowest BCUT2D eigenvalue weighted by atomic mass is 10.1. The summed E-state index contributed by atoms with van der Waals surface area (Å²) in [6, 6.07) is 8.08. The second kappa shape index (κ2) is 4.51. The molecule has 0 aromatic heterocycles. The van der Waals surface area contributed by atoms with Crippen LogP contribution in [0.15, 0.2) is 18.2 Å². The van der Waals surface area contributed by atoms with Gasteiger partial charge in [-0.05, 0) is 30.5 Å². The van der Waals surface area contributed by atoms with E-state index in [1.165, 1.54) is 0 Å². The first-order chi connectivity index (χ1) is 8.81. The first-order valence-electron chi connectivity index (χ1n) is 6.15. The summed E-state index contributed by atoms with van der Waals surface area (Å²) in [5, 5.41) is 8.73. The summed E-state index contributed by atoms with van der Waals surface area (Å²) in [6.07, 6.45) is 2.83. The van der Waals surface area contributed by atoms with Gasteiger partial charge in [0, 0.05) is 11.8 Å². The molecule has 1 fully saturated rings. The van der Waals surface area contributed by atoms with Crippen molar-refractivity contribution in [2.24, 2.45) is 5.41 Å². The van der Waals surface area contributed by atoms with Crippen LogP contribution in [0.5, 0.6) is 11.5 Å². The third kappa shape index (κ3) is 2.27. The van der Waals surface area contributed by atoms with Gasteiger partial charge in [0.05, 0.1) is 19.3 Å². The molecule has 0 atom stereocenters. The van der Waals surface area contributed by atoms with Crippen molar-refractivity contribution in [1.29, 1.82) is 5.26 Å². The molecule has 0 N–H and O–H groups in total. The van der Waals surface area contributed by atoms with Gasteiger partial charge in [0.2, 0.25) is 6.79 Å². The van der Waals surface area contributed by atoms with E-state index in [0.29, 0.717) is 26.4 Å². The first-order valence-corrected chi connectivity index (χ1v) is 6.15. The average molecular weight is 245 g/mol. The van der Waals surface area contributed by atoms with E-state index in [-0.39, 0.29) is 5.41 Å². The molecule has 0 spiro atoms. The van der Waals surface area contributed by atoms with E-state index < -0.39 is 0 Å². The van der Waals surface area contributed by atoms with Gasteiger partial charge in [-0.15, -0.1) is 0 Å². The fourth-order valence-corrected chi connectivity index (χ4v) is 2.13. The fraction of sp³-hybridized carbons (Fsp3) is 0.500. The van der Waals surface area contributed by atoms with E-state index in [2.05, 4.69) is 6.07 Å². The minimum atomic E-state index is 0.144. The summed E-state index contributed by atoms with van der Waals surface area (Å²) in [6.45, 7) is 1.53. The van der Waals surface area contributed by atoms with E-state index >= 15 is 0 Å². The maximum atomic E-state index is 8.73. The highest BCUT2D eigenvalue weighted by molar-refractivity contribution is 5.44. The van der Waals surface area contributed by atoms with E-state index in [1.54, 1.807) is 0 Å². The van der Waals surface area contributed by atoms with Crippen LogP contribution in [0, 0.1) is 16.7 Å². The van der Waals surface area contributed by atoms with Crippen molar-refractivity contribution in [1.82, 2.24) is 0 Å². The minimum Gasteiger partial charge on any atom is -0.454 e. The average Bonchev–Trinajstić information content (AvgIpc) is 2.97. The van der Waals surface area contributed by atoms with Crippen LogP contribution in [0.4, 0.5) is 0 Å². The number of nitriles is 1. The molecular formula is C14H15NO3. The Labute approximate surface area is 106 Å². The van der Waals surface area contributed by atoms with Crippen LogP contribution in [0.2, 0.25) is 0 Å². The zero-order valence-electron chi connectivity index (χ0n) is 10.1. The van der Waals surface area contributed by atoms with Crippen LogP contribution in [0.25, 0.3) is 0 Å². The number of nitrogens with zero attached hydrogens (tertiary/aromatic N) is 1. The first kappa shape index (κ1) is 11.4. The Balaban J connectivity index is 1.53. The van der Waals surface area contributed by atoms with Gasteiger partial charge < -0.3 is 14.2 Å². The molecule has 0 radical (unpaired) electrons. The molecule has 94 valence electrons. The molecule has 18 heavy (non-hydrogen) atoms. The molecule has 1 aromatic rings. The third-order valence-corrected chi connectivity index (χ3v) is 3.53. The second-order valence-electron chi connectivity index (χ2n) is 5.02. The van der Waals surface area contributed by atoms with Crippen molar-refractivity contribution in [2.45, 2.75) is 25.9 Å². The summed E-state index contributed by atoms with van der Waals surface area (Å²) < 4.78 is 16.3. The number of rotatable bonds is 5. The van der Waals surface area contributed by atoms with Crippen LogP contribution in [0.3, 0.4) is 0 Å². The van der Waals surface area contributed by atoms with Gasteiger partial charge in [-0.1, -0.05) is 6.07 Å². The Morgan fingerprint density at radius 3 is 2.89 bits per heavy atom. The molecular weight excluding hydrogens is 230 g/mol. The van der Waals surface area contributed by atoms with Gasteiger partial charge in [0.25, 0.3) is 0 Å². The highest BCUT2D eigenvalue weighted by Gasteiger charge is 2.42. The van der Waals surface area contributed by atoms with E-state index in [1.807, 2.05) is 18.2 Å². The van der Waals surface area contributed by atoms with Gasteiger partial charge >= 0.3 is 0 Å². The molecule has 1 saturated carbocycles. The highest BCUT2D eigenvalue weighted by Crippen LogP contribution is 2.48. The van der Waals surface area contributed by atoms with Crippen molar-refractivity contribution in [2.75, 3.05) is 13.4 Å². The molecule has 4 heteroatoms. The zero-order chi connectivity index (χ0) is 12.4. The largest absolute Gasteiger partial charge is 0.454 e. The summed E-state index contributed by atoms with van der Waals surface area (Å²) in [4.78, 5) is 0. The molecule has 3 rings (SSSR count). The lowest BCUT2D eigenvalue weighted by Gasteiger charge is -2.11. The maximum absolute atomic E-state index is 8.73. The monoisotopic (exact) mass is 245 g/mol. The van der Waals surface area contributed by atoms with Gasteiger partial charge in [0.1, 0.15) is 0 Å². The van der Waals surface area contributed by atoms with E-state index in [4.69, 9.17) is 19.5 Å². The summed E-state index contributed by atoms with van der Waals surface area (Å²) in [5.74, 6) is 1.58. The van der Waals surface area contributed by atoms with Crippen LogP contribution >= 0.6 is 0 Å². The quantitative estimate of drug-likeness (QED) is 0.800. The molecule has 1 aliphatic heterocycles. The lowest BCUT2D eigenvalue weighted by Crippen LogP contribution is -2.09. The number of fused-ring (bicyclic) bond motifs is 1. The lowest BCUT2D eigenvalue weighted by molar-refractivity contribution is 0.0794. The highest BCUT2D eigenvalue weighted by atomic mass is 16.7. The van der Waals surface area contributed by atoms with Crippen LogP contribution in [0.1, 0.15) is 24.8 Å².